The highest BCUT2D eigenvalue weighted by atomic mass is 16.5. The van der Waals surface area contributed by atoms with E-state index in [4.69, 9.17) is 4.74 Å². The first-order valence-electron chi connectivity index (χ1n) is 5.36. The summed E-state index contributed by atoms with van der Waals surface area (Å²) < 4.78 is 5.42. The summed E-state index contributed by atoms with van der Waals surface area (Å²) in [5, 5.41) is 0. The van der Waals surface area contributed by atoms with E-state index in [-0.39, 0.29) is 0 Å². The Morgan fingerprint density at radius 3 is 2.57 bits per heavy atom. The van der Waals surface area contributed by atoms with Crippen molar-refractivity contribution in [3.05, 3.63) is 35.4 Å². The van der Waals surface area contributed by atoms with E-state index in [0.717, 1.165) is 26.1 Å². The van der Waals surface area contributed by atoms with E-state index < -0.39 is 0 Å². The van der Waals surface area contributed by atoms with E-state index in [2.05, 4.69) is 38.1 Å². The van der Waals surface area contributed by atoms with Gasteiger partial charge in [-0.1, -0.05) is 36.8 Å². The minimum atomic E-state index is 0.338. The largest absolute Gasteiger partial charge is 0.381 e. The van der Waals surface area contributed by atoms with Gasteiger partial charge in [0.05, 0.1) is 0 Å². The van der Waals surface area contributed by atoms with Crippen molar-refractivity contribution in [2.24, 2.45) is 0 Å². The zero-order valence-electron chi connectivity index (χ0n) is 9.05. The summed E-state index contributed by atoms with van der Waals surface area (Å²) in [5.41, 5.74) is 3.17. The lowest BCUT2D eigenvalue weighted by Crippen LogP contribution is -2.30. The molecule has 1 aliphatic heterocycles. The van der Waals surface area contributed by atoms with Gasteiger partial charge in [0.2, 0.25) is 0 Å². The Hall–Kier alpha value is -0.820. The normalized spacial score (nSPS) is 20.7. The van der Waals surface area contributed by atoms with E-state index in [0.29, 0.717) is 5.41 Å². The van der Waals surface area contributed by atoms with Crippen LogP contribution in [-0.2, 0) is 10.2 Å². The third-order valence-corrected chi connectivity index (χ3v) is 3.31. The molecule has 14 heavy (non-hydrogen) atoms. The van der Waals surface area contributed by atoms with Gasteiger partial charge in [0, 0.05) is 13.2 Å². The molecule has 0 aliphatic carbocycles. The number of rotatable bonds is 1. The minimum absolute atomic E-state index is 0.338. The molecule has 1 heteroatoms. The van der Waals surface area contributed by atoms with Crippen LogP contribution >= 0.6 is 0 Å². The molecule has 0 bridgehead atoms. The van der Waals surface area contributed by atoms with Gasteiger partial charge in [-0.05, 0) is 30.7 Å². The van der Waals surface area contributed by atoms with Crippen LogP contribution in [0.5, 0.6) is 0 Å². The van der Waals surface area contributed by atoms with Crippen molar-refractivity contribution in [3.63, 3.8) is 0 Å². The third-order valence-electron chi connectivity index (χ3n) is 3.31. The summed E-state index contributed by atoms with van der Waals surface area (Å²) in [5.74, 6) is 0. The summed E-state index contributed by atoms with van der Waals surface area (Å²) in [7, 11) is 0. The Morgan fingerprint density at radius 1 is 1.21 bits per heavy atom. The van der Waals surface area contributed by atoms with E-state index in [9.17, 15) is 0 Å². The summed E-state index contributed by atoms with van der Waals surface area (Å²) in [6, 6.07) is 8.88. The molecule has 0 aromatic heterocycles. The highest BCUT2D eigenvalue weighted by Gasteiger charge is 2.28. The topological polar surface area (TPSA) is 9.23 Å². The van der Waals surface area contributed by atoms with Gasteiger partial charge in [-0.3, -0.25) is 0 Å². The summed E-state index contributed by atoms with van der Waals surface area (Å²) in [4.78, 5) is 0. The fourth-order valence-electron chi connectivity index (χ4n) is 2.13. The molecule has 1 fully saturated rings. The van der Waals surface area contributed by atoms with Crippen LogP contribution in [0.1, 0.15) is 30.9 Å². The van der Waals surface area contributed by atoms with Gasteiger partial charge in [-0.15, -0.1) is 0 Å². The first-order valence-corrected chi connectivity index (χ1v) is 5.36. The zero-order chi connectivity index (χ0) is 10.0. The lowest BCUT2D eigenvalue weighted by Gasteiger charge is -2.34. The van der Waals surface area contributed by atoms with E-state index >= 15 is 0 Å². The molecule has 0 amide bonds. The van der Waals surface area contributed by atoms with Crippen molar-refractivity contribution in [2.45, 2.75) is 32.1 Å². The minimum Gasteiger partial charge on any atom is -0.381 e. The van der Waals surface area contributed by atoms with Crippen LogP contribution in [0.2, 0.25) is 0 Å². The van der Waals surface area contributed by atoms with Gasteiger partial charge in [0.1, 0.15) is 0 Å². The molecular weight excluding hydrogens is 172 g/mol. The van der Waals surface area contributed by atoms with Gasteiger partial charge in [-0.25, -0.2) is 0 Å². The number of hydrogen-bond donors (Lipinski definition) is 0. The van der Waals surface area contributed by atoms with Crippen LogP contribution in [0.4, 0.5) is 0 Å². The maximum absolute atomic E-state index is 5.42. The second-order valence-corrected chi connectivity index (χ2v) is 4.54. The SMILES string of the molecule is Cc1cccc(C2(C)CCOCC2)c1. The monoisotopic (exact) mass is 190 g/mol. The van der Waals surface area contributed by atoms with Crippen LogP contribution in [0, 0.1) is 6.92 Å². The molecular formula is C13H18O. The molecule has 0 unspecified atom stereocenters. The molecule has 0 radical (unpaired) electrons. The van der Waals surface area contributed by atoms with Crippen molar-refractivity contribution in [1.82, 2.24) is 0 Å². The predicted octanol–water partition coefficient (Wildman–Crippen LogP) is 3.06. The predicted molar refractivity (Wildman–Crippen MR) is 58.6 cm³/mol. The van der Waals surface area contributed by atoms with Crippen molar-refractivity contribution >= 4 is 0 Å². The lowest BCUT2D eigenvalue weighted by molar-refractivity contribution is 0.0564. The van der Waals surface area contributed by atoms with Gasteiger partial charge in [-0.2, -0.15) is 0 Å². The maximum atomic E-state index is 5.42. The number of hydrogen-bond acceptors (Lipinski definition) is 1. The number of ether oxygens (including phenoxy) is 1. The summed E-state index contributed by atoms with van der Waals surface area (Å²) in [6.45, 7) is 6.32. The lowest BCUT2D eigenvalue weighted by atomic mass is 9.76. The maximum Gasteiger partial charge on any atom is 0.0474 e. The first-order chi connectivity index (χ1) is 6.71. The van der Waals surface area contributed by atoms with Crippen molar-refractivity contribution in [1.29, 1.82) is 0 Å². The molecule has 0 saturated carbocycles. The molecule has 0 atom stereocenters. The Bertz CT molecular complexity index is 311. The zero-order valence-corrected chi connectivity index (χ0v) is 9.05. The highest BCUT2D eigenvalue weighted by Crippen LogP contribution is 2.34. The fourth-order valence-corrected chi connectivity index (χ4v) is 2.13. The Kier molecular flexibility index (Phi) is 2.60. The Balaban J connectivity index is 2.28. The standard InChI is InChI=1S/C13H18O/c1-11-4-3-5-12(10-11)13(2)6-8-14-9-7-13/h3-5,10H,6-9H2,1-2H3. The van der Waals surface area contributed by atoms with Gasteiger partial charge < -0.3 is 4.74 Å². The Labute approximate surface area is 86.1 Å². The smallest absolute Gasteiger partial charge is 0.0474 e. The molecule has 0 spiro atoms. The van der Waals surface area contributed by atoms with Gasteiger partial charge in [0.25, 0.3) is 0 Å². The van der Waals surface area contributed by atoms with Gasteiger partial charge >= 0.3 is 0 Å². The van der Waals surface area contributed by atoms with Crippen LogP contribution < -0.4 is 0 Å². The number of aryl methyl sites for hydroxylation is 1. The van der Waals surface area contributed by atoms with Crippen molar-refractivity contribution in [3.8, 4) is 0 Å². The molecule has 1 aromatic rings. The summed E-state index contributed by atoms with van der Waals surface area (Å²) in [6.07, 6.45) is 2.30. The van der Waals surface area contributed by atoms with Crippen LogP contribution in [-0.4, -0.2) is 13.2 Å². The molecule has 1 nitrogen and oxygen atoms in total. The van der Waals surface area contributed by atoms with Crippen molar-refractivity contribution in [2.75, 3.05) is 13.2 Å². The summed E-state index contributed by atoms with van der Waals surface area (Å²) >= 11 is 0. The average molecular weight is 190 g/mol. The van der Waals surface area contributed by atoms with Crippen LogP contribution in [0.3, 0.4) is 0 Å². The van der Waals surface area contributed by atoms with Gasteiger partial charge in [0.15, 0.2) is 0 Å². The Morgan fingerprint density at radius 2 is 1.93 bits per heavy atom. The number of benzene rings is 1. The molecule has 0 N–H and O–H groups in total. The van der Waals surface area contributed by atoms with Crippen molar-refractivity contribution < 1.29 is 4.74 Å². The molecule has 1 aliphatic rings. The quantitative estimate of drug-likeness (QED) is 0.661. The molecule has 1 saturated heterocycles. The van der Waals surface area contributed by atoms with Crippen LogP contribution in [0.15, 0.2) is 24.3 Å². The highest BCUT2D eigenvalue weighted by molar-refractivity contribution is 5.29. The molecule has 2 rings (SSSR count). The van der Waals surface area contributed by atoms with Crippen LogP contribution in [0.25, 0.3) is 0 Å². The van der Waals surface area contributed by atoms with E-state index in [1.54, 1.807) is 0 Å². The van der Waals surface area contributed by atoms with E-state index in [1.807, 2.05) is 0 Å². The second-order valence-electron chi connectivity index (χ2n) is 4.54. The second kappa shape index (κ2) is 3.74. The first kappa shape index (κ1) is 9.72. The molecule has 1 heterocycles. The average Bonchev–Trinajstić information content (AvgIpc) is 2.19. The van der Waals surface area contributed by atoms with E-state index in [1.165, 1.54) is 11.1 Å². The fraction of sp³-hybridized carbons (Fsp3) is 0.538. The molecule has 1 aromatic carbocycles. The molecule has 76 valence electrons. The third kappa shape index (κ3) is 1.83.